The minimum atomic E-state index is 0.236. The zero-order valence-electron chi connectivity index (χ0n) is 8.83. The van der Waals surface area contributed by atoms with E-state index in [0.29, 0.717) is 0 Å². The highest BCUT2D eigenvalue weighted by Crippen LogP contribution is 2.16. The van der Waals surface area contributed by atoms with Crippen molar-refractivity contribution in [3.8, 4) is 0 Å². The van der Waals surface area contributed by atoms with E-state index in [9.17, 15) is 0 Å². The molecular formula is C11H18N2O. The molecule has 0 unspecified atom stereocenters. The van der Waals surface area contributed by atoms with Crippen LogP contribution in [-0.4, -0.2) is 32.4 Å². The Morgan fingerprint density at radius 2 is 2.14 bits per heavy atom. The molecule has 0 radical (unpaired) electrons. The number of nitrogens with zero attached hydrogens (tertiary/aromatic N) is 1. The summed E-state index contributed by atoms with van der Waals surface area (Å²) in [5.74, 6) is 0. The second-order valence-electron chi connectivity index (χ2n) is 3.45. The van der Waals surface area contributed by atoms with Gasteiger partial charge in [-0.2, -0.15) is 0 Å². The van der Waals surface area contributed by atoms with Gasteiger partial charge >= 0.3 is 0 Å². The van der Waals surface area contributed by atoms with Crippen LogP contribution in [0, 0.1) is 0 Å². The van der Waals surface area contributed by atoms with Crippen molar-refractivity contribution < 1.29 is 5.11 Å². The maximum Gasteiger partial charge on any atom is 0.0447 e. The predicted molar refractivity (Wildman–Crippen MR) is 61.0 cm³/mol. The van der Waals surface area contributed by atoms with E-state index in [1.54, 1.807) is 0 Å². The molecule has 1 aromatic rings. The molecule has 3 nitrogen and oxygen atoms in total. The lowest BCUT2D eigenvalue weighted by Crippen LogP contribution is -2.09. The van der Waals surface area contributed by atoms with Gasteiger partial charge in [0.1, 0.15) is 0 Å². The number of nitrogens with one attached hydrogen (secondary N) is 1. The van der Waals surface area contributed by atoms with E-state index >= 15 is 0 Å². The largest absolute Gasteiger partial charge is 0.396 e. The van der Waals surface area contributed by atoms with Crippen LogP contribution >= 0.6 is 0 Å². The van der Waals surface area contributed by atoms with Crippen LogP contribution in [0.25, 0.3) is 0 Å². The van der Waals surface area contributed by atoms with Crippen molar-refractivity contribution in [2.24, 2.45) is 0 Å². The molecule has 0 bridgehead atoms. The third-order valence-corrected chi connectivity index (χ3v) is 2.03. The third kappa shape index (κ3) is 3.26. The average molecular weight is 194 g/mol. The minimum Gasteiger partial charge on any atom is -0.396 e. The summed E-state index contributed by atoms with van der Waals surface area (Å²) in [4.78, 5) is 2.07. The molecule has 0 saturated heterocycles. The van der Waals surface area contributed by atoms with Gasteiger partial charge in [0.05, 0.1) is 0 Å². The Balaban J connectivity index is 2.55. The van der Waals surface area contributed by atoms with Crippen LogP contribution in [0.1, 0.15) is 6.42 Å². The normalized spacial score (nSPS) is 9.93. The summed E-state index contributed by atoms with van der Waals surface area (Å²) in [6.07, 6.45) is 0.784. The van der Waals surface area contributed by atoms with E-state index in [4.69, 9.17) is 5.11 Å². The van der Waals surface area contributed by atoms with E-state index in [-0.39, 0.29) is 6.61 Å². The summed E-state index contributed by atoms with van der Waals surface area (Å²) in [7, 11) is 4.04. The molecule has 0 spiro atoms. The Morgan fingerprint density at radius 3 is 2.79 bits per heavy atom. The van der Waals surface area contributed by atoms with E-state index in [1.807, 2.05) is 26.2 Å². The molecule has 0 heterocycles. The van der Waals surface area contributed by atoms with Crippen LogP contribution in [0.2, 0.25) is 0 Å². The molecule has 1 rings (SSSR count). The molecule has 0 aliphatic carbocycles. The molecule has 2 N–H and O–H groups in total. The Kier molecular flexibility index (Phi) is 4.26. The summed E-state index contributed by atoms with van der Waals surface area (Å²) in [6.45, 7) is 1.05. The molecule has 0 amide bonds. The van der Waals surface area contributed by atoms with Crippen molar-refractivity contribution in [3.63, 3.8) is 0 Å². The van der Waals surface area contributed by atoms with E-state index < -0.39 is 0 Å². The molecular weight excluding hydrogens is 176 g/mol. The first kappa shape index (κ1) is 10.9. The molecule has 14 heavy (non-hydrogen) atoms. The first-order valence-electron chi connectivity index (χ1n) is 4.86. The Labute approximate surface area is 85.4 Å². The SMILES string of the molecule is CN(C)c1cccc(NCCCO)c1. The number of anilines is 2. The predicted octanol–water partition coefficient (Wildman–Crippen LogP) is 1.55. The number of benzene rings is 1. The Hall–Kier alpha value is -1.22. The summed E-state index contributed by atoms with van der Waals surface area (Å²) in [6, 6.07) is 8.22. The van der Waals surface area contributed by atoms with Gasteiger partial charge in [-0.3, -0.25) is 0 Å². The lowest BCUT2D eigenvalue weighted by atomic mass is 10.2. The standard InChI is InChI=1S/C11H18N2O/c1-13(2)11-6-3-5-10(9-11)12-7-4-8-14/h3,5-6,9,12,14H,4,7-8H2,1-2H3. The minimum absolute atomic E-state index is 0.236. The van der Waals surface area contributed by atoms with Crippen molar-refractivity contribution in [1.29, 1.82) is 0 Å². The molecule has 0 saturated carbocycles. The first-order valence-corrected chi connectivity index (χ1v) is 4.86. The monoisotopic (exact) mass is 194 g/mol. The second kappa shape index (κ2) is 5.50. The van der Waals surface area contributed by atoms with Crippen molar-refractivity contribution in [3.05, 3.63) is 24.3 Å². The molecule has 0 aromatic heterocycles. The van der Waals surface area contributed by atoms with Crippen LogP contribution in [0.3, 0.4) is 0 Å². The zero-order chi connectivity index (χ0) is 10.4. The number of hydrogen-bond acceptors (Lipinski definition) is 3. The molecule has 3 heteroatoms. The highest BCUT2D eigenvalue weighted by atomic mass is 16.3. The van der Waals surface area contributed by atoms with Crippen molar-refractivity contribution in [2.75, 3.05) is 37.5 Å². The van der Waals surface area contributed by atoms with Crippen LogP contribution in [0.15, 0.2) is 24.3 Å². The molecule has 0 fully saturated rings. The van der Waals surface area contributed by atoms with Gasteiger partial charge in [-0.15, -0.1) is 0 Å². The van der Waals surface area contributed by atoms with Gasteiger partial charge in [0.25, 0.3) is 0 Å². The third-order valence-electron chi connectivity index (χ3n) is 2.03. The highest BCUT2D eigenvalue weighted by Gasteiger charge is 1.96. The van der Waals surface area contributed by atoms with E-state index in [1.165, 1.54) is 5.69 Å². The van der Waals surface area contributed by atoms with Gasteiger partial charge in [0.2, 0.25) is 0 Å². The average Bonchev–Trinajstić information content (AvgIpc) is 2.19. The lowest BCUT2D eigenvalue weighted by Gasteiger charge is -2.14. The summed E-state index contributed by atoms with van der Waals surface area (Å²) in [5, 5.41) is 11.9. The molecule has 0 aliphatic rings. The topological polar surface area (TPSA) is 35.5 Å². The van der Waals surface area contributed by atoms with Crippen LogP contribution in [0.4, 0.5) is 11.4 Å². The number of aliphatic hydroxyl groups is 1. The smallest absolute Gasteiger partial charge is 0.0447 e. The number of rotatable bonds is 5. The van der Waals surface area contributed by atoms with Gasteiger partial charge in [-0.05, 0) is 24.6 Å². The quantitative estimate of drug-likeness (QED) is 0.698. The van der Waals surface area contributed by atoms with Gasteiger partial charge in [0, 0.05) is 38.6 Å². The maximum atomic E-state index is 8.64. The molecule has 0 aliphatic heterocycles. The van der Waals surface area contributed by atoms with Crippen LogP contribution < -0.4 is 10.2 Å². The van der Waals surface area contributed by atoms with Crippen molar-refractivity contribution >= 4 is 11.4 Å². The van der Waals surface area contributed by atoms with Crippen LogP contribution in [0.5, 0.6) is 0 Å². The van der Waals surface area contributed by atoms with Crippen LogP contribution in [-0.2, 0) is 0 Å². The van der Waals surface area contributed by atoms with Gasteiger partial charge < -0.3 is 15.3 Å². The summed E-state index contributed by atoms with van der Waals surface area (Å²) < 4.78 is 0. The number of aliphatic hydroxyl groups excluding tert-OH is 1. The molecule has 0 atom stereocenters. The van der Waals surface area contributed by atoms with E-state index in [2.05, 4.69) is 22.3 Å². The fourth-order valence-corrected chi connectivity index (χ4v) is 1.21. The second-order valence-corrected chi connectivity index (χ2v) is 3.45. The fourth-order valence-electron chi connectivity index (χ4n) is 1.21. The fraction of sp³-hybridized carbons (Fsp3) is 0.455. The van der Waals surface area contributed by atoms with Gasteiger partial charge in [-0.25, -0.2) is 0 Å². The number of hydrogen-bond donors (Lipinski definition) is 2. The lowest BCUT2D eigenvalue weighted by molar-refractivity contribution is 0.292. The Bertz CT molecular complexity index is 274. The van der Waals surface area contributed by atoms with Crippen molar-refractivity contribution in [2.45, 2.75) is 6.42 Å². The van der Waals surface area contributed by atoms with Crippen molar-refractivity contribution in [1.82, 2.24) is 0 Å². The summed E-state index contributed by atoms with van der Waals surface area (Å²) in [5.41, 5.74) is 2.28. The first-order chi connectivity index (χ1) is 6.74. The van der Waals surface area contributed by atoms with Gasteiger partial charge in [0.15, 0.2) is 0 Å². The molecule has 1 aromatic carbocycles. The molecule has 78 valence electrons. The highest BCUT2D eigenvalue weighted by molar-refractivity contribution is 5.57. The van der Waals surface area contributed by atoms with Gasteiger partial charge in [-0.1, -0.05) is 6.07 Å². The van der Waals surface area contributed by atoms with E-state index in [0.717, 1.165) is 18.7 Å². The zero-order valence-corrected chi connectivity index (χ0v) is 8.83. The maximum absolute atomic E-state index is 8.64. The Morgan fingerprint density at radius 1 is 1.36 bits per heavy atom. The summed E-state index contributed by atoms with van der Waals surface area (Å²) >= 11 is 0.